The van der Waals surface area contributed by atoms with Gasteiger partial charge in [-0.1, -0.05) is 54.3 Å². The quantitative estimate of drug-likeness (QED) is 0.704. The van der Waals surface area contributed by atoms with Crippen LogP contribution < -0.4 is 5.32 Å². The minimum atomic E-state index is -0.926. The first kappa shape index (κ1) is 16.8. The molecule has 3 heteroatoms. The van der Waals surface area contributed by atoms with Gasteiger partial charge in [-0.3, -0.25) is 5.32 Å². The van der Waals surface area contributed by atoms with Crippen LogP contribution in [0.15, 0.2) is 66.7 Å². The Morgan fingerprint density at radius 3 is 2.52 bits per heavy atom. The molecule has 0 fully saturated rings. The smallest absolute Gasteiger partial charge is 0.335 e. The van der Waals surface area contributed by atoms with E-state index in [0.29, 0.717) is 6.54 Å². The first-order chi connectivity index (χ1) is 12.1. The van der Waals surface area contributed by atoms with Crippen molar-refractivity contribution in [3.8, 4) is 11.8 Å². The second-order valence-corrected chi connectivity index (χ2v) is 5.86. The Morgan fingerprint density at radius 2 is 1.76 bits per heavy atom. The van der Waals surface area contributed by atoms with E-state index in [1.165, 1.54) is 16.3 Å². The number of benzene rings is 3. The lowest BCUT2D eigenvalue weighted by Crippen LogP contribution is -2.19. The molecule has 0 saturated heterocycles. The van der Waals surface area contributed by atoms with E-state index in [1.54, 1.807) is 24.3 Å². The number of hydrogen-bond donors (Lipinski definition) is 2. The van der Waals surface area contributed by atoms with Gasteiger partial charge in [0.2, 0.25) is 0 Å². The summed E-state index contributed by atoms with van der Waals surface area (Å²) >= 11 is 0. The topological polar surface area (TPSA) is 49.3 Å². The van der Waals surface area contributed by atoms with E-state index in [-0.39, 0.29) is 11.6 Å². The number of carboxylic acid groups (broad SMARTS) is 1. The maximum Gasteiger partial charge on any atom is 0.335 e. The minimum Gasteiger partial charge on any atom is -0.478 e. The predicted octanol–water partition coefficient (Wildman–Crippen LogP) is 4.24. The lowest BCUT2D eigenvalue weighted by atomic mass is 10.00. The van der Waals surface area contributed by atoms with Crippen molar-refractivity contribution >= 4 is 16.7 Å². The molecule has 124 valence electrons. The number of carboxylic acids is 1. The Bertz CT molecular complexity index is 944. The molecule has 0 saturated carbocycles. The maximum atomic E-state index is 10.8. The van der Waals surface area contributed by atoms with Gasteiger partial charge in [-0.2, -0.15) is 0 Å². The summed E-state index contributed by atoms with van der Waals surface area (Å²) in [5, 5.41) is 14.8. The third-order valence-electron chi connectivity index (χ3n) is 4.15. The Kier molecular flexibility index (Phi) is 5.13. The van der Waals surface area contributed by atoms with Gasteiger partial charge in [-0.05, 0) is 47.5 Å². The van der Waals surface area contributed by atoms with Crippen molar-refractivity contribution in [2.75, 3.05) is 6.54 Å². The van der Waals surface area contributed by atoms with E-state index in [1.807, 2.05) is 6.07 Å². The molecule has 0 amide bonds. The van der Waals surface area contributed by atoms with Crippen molar-refractivity contribution < 1.29 is 9.90 Å². The fourth-order valence-corrected chi connectivity index (χ4v) is 2.78. The summed E-state index contributed by atoms with van der Waals surface area (Å²) in [6.07, 6.45) is 0. The second kappa shape index (κ2) is 7.65. The highest BCUT2D eigenvalue weighted by Crippen LogP contribution is 2.23. The second-order valence-electron chi connectivity index (χ2n) is 5.86. The molecule has 0 bridgehead atoms. The molecular weight excluding hydrogens is 310 g/mol. The van der Waals surface area contributed by atoms with Crippen LogP contribution in [-0.4, -0.2) is 17.6 Å². The van der Waals surface area contributed by atoms with Crippen molar-refractivity contribution in [1.29, 1.82) is 0 Å². The monoisotopic (exact) mass is 329 g/mol. The van der Waals surface area contributed by atoms with Crippen molar-refractivity contribution in [2.24, 2.45) is 0 Å². The number of rotatable bonds is 4. The highest BCUT2D eigenvalue weighted by Gasteiger charge is 2.07. The van der Waals surface area contributed by atoms with E-state index in [0.717, 1.165) is 5.56 Å². The van der Waals surface area contributed by atoms with Crippen LogP contribution >= 0.6 is 0 Å². The fourth-order valence-electron chi connectivity index (χ4n) is 2.78. The van der Waals surface area contributed by atoms with Gasteiger partial charge < -0.3 is 5.11 Å². The van der Waals surface area contributed by atoms with Crippen LogP contribution in [0.4, 0.5) is 0 Å². The van der Waals surface area contributed by atoms with Crippen molar-refractivity contribution in [2.45, 2.75) is 13.0 Å². The maximum absolute atomic E-state index is 10.8. The molecule has 0 radical (unpaired) electrons. The zero-order valence-electron chi connectivity index (χ0n) is 14.0. The molecule has 0 heterocycles. The summed E-state index contributed by atoms with van der Waals surface area (Å²) in [6, 6.07) is 21.5. The third-order valence-corrected chi connectivity index (χ3v) is 4.15. The summed E-state index contributed by atoms with van der Waals surface area (Å²) in [6.45, 7) is 2.69. The van der Waals surface area contributed by atoms with Gasteiger partial charge in [0.1, 0.15) is 0 Å². The number of fused-ring (bicyclic) bond motifs is 1. The number of aromatic carboxylic acids is 1. The first-order valence-corrected chi connectivity index (χ1v) is 8.18. The zero-order chi connectivity index (χ0) is 17.6. The van der Waals surface area contributed by atoms with Crippen LogP contribution in [0.3, 0.4) is 0 Å². The number of hydrogen-bond acceptors (Lipinski definition) is 2. The molecule has 2 N–H and O–H groups in total. The van der Waals surface area contributed by atoms with Crippen LogP contribution in [-0.2, 0) is 0 Å². The Hall–Kier alpha value is -3.09. The van der Waals surface area contributed by atoms with Crippen molar-refractivity contribution in [3.05, 3.63) is 83.4 Å². The Morgan fingerprint density at radius 1 is 1.04 bits per heavy atom. The highest BCUT2D eigenvalue weighted by atomic mass is 16.4. The molecule has 0 aliphatic heterocycles. The molecule has 3 nitrogen and oxygen atoms in total. The summed E-state index contributed by atoms with van der Waals surface area (Å²) in [5.41, 5.74) is 2.34. The van der Waals surface area contributed by atoms with Crippen LogP contribution in [0.25, 0.3) is 10.8 Å². The van der Waals surface area contributed by atoms with E-state index in [2.05, 4.69) is 60.5 Å². The van der Waals surface area contributed by atoms with Gasteiger partial charge in [-0.15, -0.1) is 0 Å². The van der Waals surface area contributed by atoms with Gasteiger partial charge in [0.25, 0.3) is 0 Å². The van der Waals surface area contributed by atoms with Crippen molar-refractivity contribution in [3.63, 3.8) is 0 Å². The lowest BCUT2D eigenvalue weighted by molar-refractivity contribution is 0.0697. The van der Waals surface area contributed by atoms with E-state index in [9.17, 15) is 4.79 Å². The molecule has 0 aromatic heterocycles. The number of nitrogens with one attached hydrogen (secondary N) is 1. The molecule has 0 spiro atoms. The molecule has 3 aromatic carbocycles. The molecule has 3 rings (SSSR count). The molecule has 0 aliphatic carbocycles. The summed E-state index contributed by atoms with van der Waals surface area (Å²) < 4.78 is 0. The fraction of sp³-hybridized carbons (Fsp3) is 0.136. The average molecular weight is 329 g/mol. The molecular formula is C22H19NO2. The zero-order valence-corrected chi connectivity index (χ0v) is 14.0. The van der Waals surface area contributed by atoms with Crippen LogP contribution in [0.2, 0.25) is 0 Å². The summed E-state index contributed by atoms with van der Waals surface area (Å²) in [5.74, 6) is 5.21. The summed E-state index contributed by atoms with van der Waals surface area (Å²) in [7, 11) is 0. The summed E-state index contributed by atoms with van der Waals surface area (Å²) in [4.78, 5) is 10.8. The van der Waals surface area contributed by atoms with Crippen LogP contribution in [0, 0.1) is 11.8 Å². The normalized spacial score (nSPS) is 11.6. The largest absolute Gasteiger partial charge is 0.478 e. The molecule has 3 aromatic rings. The highest BCUT2D eigenvalue weighted by molar-refractivity contribution is 5.87. The van der Waals surface area contributed by atoms with E-state index < -0.39 is 5.97 Å². The van der Waals surface area contributed by atoms with Gasteiger partial charge in [0, 0.05) is 11.6 Å². The predicted molar refractivity (Wildman–Crippen MR) is 101 cm³/mol. The molecule has 1 unspecified atom stereocenters. The van der Waals surface area contributed by atoms with Crippen LogP contribution in [0.1, 0.15) is 34.5 Å². The average Bonchev–Trinajstić information content (AvgIpc) is 2.65. The molecule has 25 heavy (non-hydrogen) atoms. The standard InChI is InChI=1S/C22H19NO2/c1-16(20-10-4-8-18-7-2-3-9-21(18)20)23-15-5-6-17-11-13-19(14-12-17)22(24)25/h2-4,7-14,16,23H,15H2,1H3,(H,24,25). The van der Waals surface area contributed by atoms with Gasteiger partial charge in [0.15, 0.2) is 0 Å². The molecule has 0 aliphatic rings. The van der Waals surface area contributed by atoms with Gasteiger partial charge in [0.05, 0.1) is 12.1 Å². The molecule has 1 atom stereocenters. The van der Waals surface area contributed by atoms with E-state index >= 15 is 0 Å². The minimum absolute atomic E-state index is 0.190. The lowest BCUT2D eigenvalue weighted by Gasteiger charge is -2.15. The first-order valence-electron chi connectivity index (χ1n) is 8.18. The van der Waals surface area contributed by atoms with Crippen molar-refractivity contribution in [1.82, 2.24) is 5.32 Å². The SMILES string of the molecule is CC(NCC#Cc1ccc(C(=O)O)cc1)c1cccc2ccccc12. The van der Waals surface area contributed by atoms with Crippen LogP contribution in [0.5, 0.6) is 0 Å². The number of carbonyl (C=O) groups is 1. The Labute approximate surface area is 147 Å². The van der Waals surface area contributed by atoms with E-state index in [4.69, 9.17) is 5.11 Å². The van der Waals surface area contributed by atoms with Gasteiger partial charge >= 0.3 is 5.97 Å². The third kappa shape index (κ3) is 4.06. The Balaban J connectivity index is 1.65. The van der Waals surface area contributed by atoms with Gasteiger partial charge in [-0.25, -0.2) is 4.79 Å².